The molecule has 0 saturated carbocycles. The molecule has 0 aromatic heterocycles. The van der Waals surface area contributed by atoms with Crippen LogP contribution in [0.3, 0.4) is 0 Å². The molecule has 4 nitrogen and oxygen atoms in total. The van der Waals surface area contributed by atoms with Gasteiger partial charge in [0.15, 0.2) is 0 Å². The fourth-order valence-electron chi connectivity index (χ4n) is 4.43. The van der Waals surface area contributed by atoms with Crippen LogP contribution in [0.25, 0.3) is 0 Å². The number of benzene rings is 2. The second-order valence-corrected chi connectivity index (χ2v) is 9.16. The van der Waals surface area contributed by atoms with Crippen LogP contribution >= 0.6 is 0 Å². The standard InChI is InChI=1S/C25H27F7N2O2/c1-15-13-34(14-16(2)36-15)23(3,18-4-6-21(26)7-5-18)22(35)33-9-8-17-10-19(24(27,28)29)12-20(11-17)25(30,31)32/h4-7,10-12,15-16H,8-9,13-14H2,1-3H3,(H,33,35). The summed E-state index contributed by atoms with van der Waals surface area (Å²) in [6.45, 7) is 5.90. The van der Waals surface area contributed by atoms with Crippen molar-refractivity contribution in [1.29, 1.82) is 0 Å². The first-order valence-corrected chi connectivity index (χ1v) is 11.3. The molecule has 0 spiro atoms. The molecular formula is C25H27F7N2O2. The van der Waals surface area contributed by atoms with E-state index in [0.717, 1.165) is 0 Å². The summed E-state index contributed by atoms with van der Waals surface area (Å²) >= 11 is 0. The van der Waals surface area contributed by atoms with E-state index in [0.29, 0.717) is 30.8 Å². The van der Waals surface area contributed by atoms with Crippen LogP contribution < -0.4 is 5.32 Å². The number of hydrogen-bond donors (Lipinski definition) is 1. The first-order valence-electron chi connectivity index (χ1n) is 11.3. The lowest BCUT2D eigenvalue weighted by Crippen LogP contribution is -2.60. The predicted molar refractivity (Wildman–Crippen MR) is 118 cm³/mol. The van der Waals surface area contributed by atoms with Gasteiger partial charge in [-0.1, -0.05) is 12.1 Å². The van der Waals surface area contributed by atoms with E-state index < -0.39 is 40.7 Å². The lowest BCUT2D eigenvalue weighted by atomic mass is 9.87. The number of rotatable bonds is 6. The molecule has 2 aromatic carbocycles. The molecule has 1 saturated heterocycles. The molecule has 3 unspecified atom stereocenters. The third-order valence-corrected chi connectivity index (χ3v) is 6.25. The molecule has 1 aliphatic heterocycles. The number of carbonyl (C=O) groups excluding carboxylic acids is 1. The van der Waals surface area contributed by atoms with Crippen molar-refractivity contribution in [3.05, 3.63) is 70.5 Å². The highest BCUT2D eigenvalue weighted by molar-refractivity contribution is 5.87. The van der Waals surface area contributed by atoms with Crippen LogP contribution in [0, 0.1) is 5.82 Å². The minimum Gasteiger partial charge on any atom is -0.373 e. The molecule has 11 heteroatoms. The summed E-state index contributed by atoms with van der Waals surface area (Å²) in [6.07, 6.45) is -10.6. The highest BCUT2D eigenvalue weighted by atomic mass is 19.4. The largest absolute Gasteiger partial charge is 0.416 e. The molecule has 3 rings (SSSR count). The van der Waals surface area contributed by atoms with Crippen LogP contribution in [-0.4, -0.2) is 42.6 Å². The topological polar surface area (TPSA) is 41.6 Å². The number of amides is 1. The molecule has 1 heterocycles. The molecule has 36 heavy (non-hydrogen) atoms. The normalized spacial score (nSPS) is 21.2. The Labute approximate surface area is 204 Å². The minimum absolute atomic E-state index is 0.0639. The molecule has 2 aromatic rings. The molecule has 1 aliphatic rings. The van der Waals surface area contributed by atoms with Gasteiger partial charge in [-0.3, -0.25) is 9.69 Å². The van der Waals surface area contributed by atoms with Crippen molar-refractivity contribution < 1.29 is 40.3 Å². The first kappa shape index (κ1) is 27.9. The Hall–Kier alpha value is -2.66. The molecule has 0 radical (unpaired) electrons. The fraction of sp³-hybridized carbons (Fsp3) is 0.480. The average Bonchev–Trinajstić information content (AvgIpc) is 2.77. The molecule has 3 atom stereocenters. The molecule has 1 N–H and O–H groups in total. The molecule has 198 valence electrons. The number of morpholine rings is 1. The van der Waals surface area contributed by atoms with Crippen molar-refractivity contribution in [3.63, 3.8) is 0 Å². The number of alkyl halides is 6. The Bertz CT molecular complexity index is 1030. The van der Waals surface area contributed by atoms with Gasteiger partial charge in [-0.25, -0.2) is 4.39 Å². The third kappa shape index (κ3) is 6.36. The summed E-state index contributed by atoms with van der Waals surface area (Å²) in [5.41, 5.74) is -3.84. The average molecular weight is 520 g/mol. The van der Waals surface area contributed by atoms with Crippen molar-refractivity contribution >= 4 is 5.91 Å². The van der Waals surface area contributed by atoms with Gasteiger partial charge in [-0.05, 0) is 68.7 Å². The van der Waals surface area contributed by atoms with E-state index in [-0.39, 0.29) is 36.8 Å². The van der Waals surface area contributed by atoms with Gasteiger partial charge < -0.3 is 10.1 Å². The monoisotopic (exact) mass is 520 g/mol. The lowest BCUT2D eigenvalue weighted by Gasteiger charge is -2.46. The number of nitrogens with one attached hydrogen (secondary N) is 1. The maximum absolute atomic E-state index is 13.6. The summed E-state index contributed by atoms with van der Waals surface area (Å²) in [5, 5.41) is 2.65. The Morgan fingerprint density at radius 1 is 0.917 bits per heavy atom. The summed E-state index contributed by atoms with van der Waals surface area (Å²) in [4.78, 5) is 15.3. The number of carbonyl (C=O) groups is 1. The van der Waals surface area contributed by atoms with Crippen LogP contribution in [0.2, 0.25) is 0 Å². The van der Waals surface area contributed by atoms with Gasteiger partial charge in [0.2, 0.25) is 5.91 Å². The summed E-state index contributed by atoms with van der Waals surface area (Å²) < 4.78 is 98.2. The van der Waals surface area contributed by atoms with Crippen LogP contribution in [-0.2, 0) is 33.8 Å². The number of halogens is 7. The zero-order chi connectivity index (χ0) is 26.9. The van der Waals surface area contributed by atoms with Crippen LogP contribution in [0.15, 0.2) is 42.5 Å². The Balaban J connectivity index is 1.84. The highest BCUT2D eigenvalue weighted by Gasteiger charge is 2.44. The van der Waals surface area contributed by atoms with Crippen molar-refractivity contribution in [2.24, 2.45) is 0 Å². The molecule has 1 amide bonds. The van der Waals surface area contributed by atoms with E-state index >= 15 is 0 Å². The first-order chi connectivity index (χ1) is 16.6. The highest BCUT2D eigenvalue weighted by Crippen LogP contribution is 2.36. The van der Waals surface area contributed by atoms with Crippen LogP contribution in [0.1, 0.15) is 43.0 Å². The van der Waals surface area contributed by atoms with E-state index in [1.807, 2.05) is 18.7 Å². The maximum atomic E-state index is 13.6. The number of hydrogen-bond acceptors (Lipinski definition) is 3. The van der Waals surface area contributed by atoms with Crippen molar-refractivity contribution in [2.75, 3.05) is 19.6 Å². The van der Waals surface area contributed by atoms with Gasteiger partial charge in [0, 0.05) is 19.6 Å². The van der Waals surface area contributed by atoms with Gasteiger partial charge in [0.05, 0.1) is 23.3 Å². The van der Waals surface area contributed by atoms with Crippen molar-refractivity contribution in [2.45, 2.75) is 57.3 Å². The van der Waals surface area contributed by atoms with Crippen molar-refractivity contribution in [1.82, 2.24) is 10.2 Å². The summed E-state index contributed by atoms with van der Waals surface area (Å²) in [5.74, 6) is -1.01. The van der Waals surface area contributed by atoms with Gasteiger partial charge in [0.25, 0.3) is 0 Å². The Kier molecular flexibility index (Phi) is 8.04. The third-order valence-electron chi connectivity index (χ3n) is 6.25. The SMILES string of the molecule is CC1CN(C(C)(C(=O)NCCc2cc(C(F)(F)F)cc(C(F)(F)F)c2)c2ccc(F)cc2)CC(C)O1. The van der Waals surface area contributed by atoms with Gasteiger partial charge in [-0.2, -0.15) is 26.3 Å². The number of nitrogens with zero attached hydrogens (tertiary/aromatic N) is 1. The maximum Gasteiger partial charge on any atom is 0.416 e. The molecule has 1 fully saturated rings. The molecule has 0 aliphatic carbocycles. The Morgan fingerprint density at radius 2 is 1.42 bits per heavy atom. The second-order valence-electron chi connectivity index (χ2n) is 9.16. The van der Waals surface area contributed by atoms with E-state index in [1.54, 1.807) is 6.92 Å². The second kappa shape index (κ2) is 10.4. The van der Waals surface area contributed by atoms with Gasteiger partial charge in [0.1, 0.15) is 11.4 Å². The fourth-order valence-corrected chi connectivity index (χ4v) is 4.43. The van der Waals surface area contributed by atoms with E-state index in [4.69, 9.17) is 4.74 Å². The lowest BCUT2D eigenvalue weighted by molar-refractivity contribution is -0.145. The number of ether oxygens (including phenoxy) is 1. The summed E-state index contributed by atoms with van der Waals surface area (Å²) in [6, 6.07) is 6.74. The van der Waals surface area contributed by atoms with E-state index in [1.165, 1.54) is 24.3 Å². The Morgan fingerprint density at radius 3 is 1.89 bits per heavy atom. The van der Waals surface area contributed by atoms with E-state index in [9.17, 15) is 35.5 Å². The zero-order valence-corrected chi connectivity index (χ0v) is 19.9. The smallest absolute Gasteiger partial charge is 0.373 e. The quantitative estimate of drug-likeness (QED) is 0.509. The summed E-state index contributed by atoms with van der Waals surface area (Å²) in [7, 11) is 0. The van der Waals surface area contributed by atoms with Gasteiger partial charge >= 0.3 is 12.4 Å². The van der Waals surface area contributed by atoms with E-state index in [2.05, 4.69) is 5.32 Å². The molecular weight excluding hydrogens is 493 g/mol. The van der Waals surface area contributed by atoms with Crippen LogP contribution in [0.5, 0.6) is 0 Å². The van der Waals surface area contributed by atoms with Crippen molar-refractivity contribution in [3.8, 4) is 0 Å². The van der Waals surface area contributed by atoms with Crippen LogP contribution in [0.4, 0.5) is 30.7 Å². The zero-order valence-electron chi connectivity index (χ0n) is 19.9. The minimum atomic E-state index is -4.95. The van der Waals surface area contributed by atoms with Gasteiger partial charge in [-0.15, -0.1) is 0 Å². The predicted octanol–water partition coefficient (Wildman–Crippen LogP) is 5.55. The molecule has 0 bridgehead atoms.